The number of thioether (sulfide) groups is 1. The molecule has 5 rings (SSSR count). The van der Waals surface area contributed by atoms with Gasteiger partial charge in [-0.1, -0.05) is 30.0 Å². The fourth-order valence-electron chi connectivity index (χ4n) is 4.37. The SMILES string of the molecule is COc1ccccc1CNC(=O)[C@H]1C[C@@H](O)[C@H](O)[C@@H]2N=C(Nc3ccc4c(c3)OCO4)S[C@@H]21. The van der Waals surface area contributed by atoms with Crippen LogP contribution in [0.3, 0.4) is 0 Å². The van der Waals surface area contributed by atoms with Crippen molar-refractivity contribution >= 4 is 28.5 Å². The average molecular weight is 472 g/mol. The quantitative estimate of drug-likeness (QED) is 0.520. The summed E-state index contributed by atoms with van der Waals surface area (Å²) in [6, 6.07) is 12.4. The number of methoxy groups -OCH3 is 1. The zero-order chi connectivity index (χ0) is 22.9. The Morgan fingerprint density at radius 2 is 2.03 bits per heavy atom. The van der Waals surface area contributed by atoms with Crippen LogP contribution in [-0.4, -0.2) is 58.7 Å². The highest BCUT2D eigenvalue weighted by Gasteiger charge is 2.50. The van der Waals surface area contributed by atoms with Crippen molar-refractivity contribution in [2.24, 2.45) is 10.9 Å². The molecule has 33 heavy (non-hydrogen) atoms. The molecule has 2 aromatic rings. The maximum absolute atomic E-state index is 13.1. The molecule has 0 bridgehead atoms. The van der Waals surface area contributed by atoms with Crippen LogP contribution < -0.4 is 24.8 Å². The van der Waals surface area contributed by atoms with E-state index in [1.54, 1.807) is 7.11 Å². The van der Waals surface area contributed by atoms with Gasteiger partial charge in [0.05, 0.1) is 25.2 Å². The number of amides is 1. The first-order valence-corrected chi connectivity index (χ1v) is 11.6. The number of rotatable bonds is 5. The molecule has 0 aromatic heterocycles. The molecule has 3 aliphatic rings. The lowest BCUT2D eigenvalue weighted by Crippen LogP contribution is -2.53. The lowest BCUT2D eigenvalue weighted by molar-refractivity contribution is -0.129. The van der Waals surface area contributed by atoms with Crippen LogP contribution >= 0.6 is 11.8 Å². The van der Waals surface area contributed by atoms with Crippen molar-refractivity contribution in [1.82, 2.24) is 5.32 Å². The van der Waals surface area contributed by atoms with Crippen molar-refractivity contribution in [2.75, 3.05) is 19.2 Å². The summed E-state index contributed by atoms with van der Waals surface area (Å²) in [5, 5.41) is 27.4. The van der Waals surface area contributed by atoms with Crippen LogP contribution in [0.4, 0.5) is 5.69 Å². The number of carbonyl (C=O) groups excluding carboxylic acids is 1. The first kappa shape index (κ1) is 21.9. The van der Waals surface area contributed by atoms with Gasteiger partial charge in [0.1, 0.15) is 11.9 Å². The Morgan fingerprint density at radius 1 is 1.21 bits per heavy atom. The number of aliphatic hydroxyl groups excluding tert-OH is 2. The predicted molar refractivity (Wildman–Crippen MR) is 124 cm³/mol. The number of anilines is 1. The summed E-state index contributed by atoms with van der Waals surface area (Å²) in [6.07, 6.45) is -1.89. The number of aliphatic hydroxyl groups is 2. The lowest BCUT2D eigenvalue weighted by atomic mass is 9.81. The molecule has 0 radical (unpaired) electrons. The van der Waals surface area contributed by atoms with E-state index in [0.717, 1.165) is 11.3 Å². The predicted octanol–water partition coefficient (Wildman–Crippen LogP) is 1.73. The second kappa shape index (κ2) is 9.12. The Kier molecular flexibility index (Phi) is 6.05. The van der Waals surface area contributed by atoms with Crippen LogP contribution in [-0.2, 0) is 11.3 Å². The van der Waals surface area contributed by atoms with Gasteiger partial charge in [-0.3, -0.25) is 9.79 Å². The first-order chi connectivity index (χ1) is 16.0. The second-order valence-electron chi connectivity index (χ2n) is 8.13. The molecule has 2 aliphatic heterocycles. The fraction of sp³-hybridized carbons (Fsp3) is 0.391. The van der Waals surface area contributed by atoms with Crippen molar-refractivity contribution in [3.05, 3.63) is 48.0 Å². The number of ether oxygens (including phenoxy) is 3. The lowest BCUT2D eigenvalue weighted by Gasteiger charge is -2.37. The third-order valence-electron chi connectivity index (χ3n) is 6.09. The molecule has 2 aromatic carbocycles. The second-order valence-corrected chi connectivity index (χ2v) is 9.30. The van der Waals surface area contributed by atoms with E-state index in [1.165, 1.54) is 11.8 Å². The van der Waals surface area contributed by atoms with E-state index in [0.29, 0.717) is 29.0 Å². The Morgan fingerprint density at radius 3 is 2.88 bits per heavy atom. The summed E-state index contributed by atoms with van der Waals surface area (Å²) in [5.41, 5.74) is 1.62. The van der Waals surface area contributed by atoms with Crippen molar-refractivity contribution in [1.29, 1.82) is 0 Å². The Hall–Kier alpha value is -2.95. The number of amidine groups is 1. The summed E-state index contributed by atoms with van der Waals surface area (Å²) in [4.78, 5) is 17.7. The van der Waals surface area contributed by atoms with Crippen LogP contribution in [0.2, 0.25) is 0 Å². The highest BCUT2D eigenvalue weighted by atomic mass is 32.2. The molecule has 0 unspecified atom stereocenters. The molecule has 5 atom stereocenters. The van der Waals surface area contributed by atoms with Crippen molar-refractivity contribution < 1.29 is 29.2 Å². The number of benzene rings is 2. The maximum atomic E-state index is 13.1. The Balaban J connectivity index is 1.28. The van der Waals surface area contributed by atoms with Crippen molar-refractivity contribution in [3.8, 4) is 17.2 Å². The standard InChI is InChI=1S/C23H25N3O6S/c1-30-16-5-3-2-4-12(16)10-24-22(29)14-9-15(27)20(28)19-21(14)33-23(26-19)25-13-6-7-17-18(8-13)32-11-31-17/h2-8,14-15,19-21,27-28H,9-11H2,1H3,(H,24,29)(H,25,26)/t14-,15+,19-,20-,21+/m0/s1. The molecule has 0 saturated heterocycles. The van der Waals surface area contributed by atoms with Crippen molar-refractivity contribution in [3.63, 3.8) is 0 Å². The molecular formula is C23H25N3O6S. The minimum absolute atomic E-state index is 0.167. The molecular weight excluding hydrogens is 446 g/mol. The van der Waals surface area contributed by atoms with Gasteiger partial charge in [-0.15, -0.1) is 0 Å². The number of hydrogen-bond donors (Lipinski definition) is 4. The van der Waals surface area contributed by atoms with Gasteiger partial charge in [0.2, 0.25) is 12.7 Å². The summed E-state index contributed by atoms with van der Waals surface area (Å²) in [5.74, 6) is 1.33. The largest absolute Gasteiger partial charge is 0.496 e. The highest BCUT2D eigenvalue weighted by molar-refractivity contribution is 8.15. The summed E-state index contributed by atoms with van der Waals surface area (Å²) >= 11 is 1.40. The zero-order valence-corrected chi connectivity index (χ0v) is 18.7. The monoisotopic (exact) mass is 471 g/mol. The molecule has 1 saturated carbocycles. The van der Waals surface area contributed by atoms with Gasteiger partial charge in [-0.2, -0.15) is 0 Å². The number of nitrogens with zero attached hydrogens (tertiary/aromatic N) is 1. The van der Waals surface area contributed by atoms with E-state index in [2.05, 4.69) is 15.6 Å². The van der Waals surface area contributed by atoms with Crippen LogP contribution in [0.1, 0.15) is 12.0 Å². The van der Waals surface area contributed by atoms with Crippen LogP contribution in [0.5, 0.6) is 17.2 Å². The normalized spacial score (nSPS) is 27.5. The Bertz CT molecular complexity index is 1080. The average Bonchev–Trinajstić information content (AvgIpc) is 3.47. The smallest absolute Gasteiger partial charge is 0.231 e. The third-order valence-corrected chi connectivity index (χ3v) is 7.40. The van der Waals surface area contributed by atoms with E-state index in [-0.39, 0.29) is 24.4 Å². The van der Waals surface area contributed by atoms with Gasteiger partial charge in [0.15, 0.2) is 16.7 Å². The number of nitrogens with one attached hydrogen (secondary N) is 2. The fourth-order valence-corrected chi connectivity index (χ4v) is 5.75. The number of para-hydroxylation sites is 1. The topological polar surface area (TPSA) is 122 Å². The van der Waals surface area contributed by atoms with Gasteiger partial charge >= 0.3 is 0 Å². The van der Waals surface area contributed by atoms with Crippen LogP contribution in [0, 0.1) is 5.92 Å². The van der Waals surface area contributed by atoms with Gasteiger partial charge in [-0.25, -0.2) is 0 Å². The van der Waals surface area contributed by atoms with Crippen molar-refractivity contribution in [2.45, 2.75) is 36.5 Å². The number of aliphatic imine (C=N–C) groups is 1. The van der Waals surface area contributed by atoms with E-state index >= 15 is 0 Å². The molecule has 174 valence electrons. The highest BCUT2D eigenvalue weighted by Crippen LogP contribution is 2.42. The Labute approximate surface area is 195 Å². The molecule has 9 nitrogen and oxygen atoms in total. The van der Waals surface area contributed by atoms with E-state index in [4.69, 9.17) is 14.2 Å². The molecule has 1 amide bonds. The van der Waals surface area contributed by atoms with Gasteiger partial charge in [-0.05, 0) is 24.6 Å². The molecule has 2 heterocycles. The first-order valence-electron chi connectivity index (χ1n) is 10.7. The number of carbonyl (C=O) groups is 1. The molecule has 1 aliphatic carbocycles. The summed E-state index contributed by atoms with van der Waals surface area (Å²) in [7, 11) is 1.59. The van der Waals surface area contributed by atoms with Crippen LogP contribution in [0.15, 0.2) is 47.5 Å². The van der Waals surface area contributed by atoms with Gasteiger partial charge in [0.25, 0.3) is 0 Å². The third kappa shape index (κ3) is 4.33. The van der Waals surface area contributed by atoms with Gasteiger partial charge in [0, 0.05) is 29.1 Å². The van der Waals surface area contributed by atoms with E-state index < -0.39 is 24.2 Å². The zero-order valence-electron chi connectivity index (χ0n) is 17.9. The maximum Gasteiger partial charge on any atom is 0.231 e. The molecule has 1 fully saturated rings. The minimum Gasteiger partial charge on any atom is -0.496 e. The molecule has 10 heteroatoms. The van der Waals surface area contributed by atoms with Crippen LogP contribution in [0.25, 0.3) is 0 Å². The van der Waals surface area contributed by atoms with Gasteiger partial charge < -0.3 is 35.1 Å². The van der Waals surface area contributed by atoms with E-state index in [9.17, 15) is 15.0 Å². The number of hydrogen-bond acceptors (Lipinski definition) is 9. The number of fused-ring (bicyclic) bond motifs is 2. The molecule has 4 N–H and O–H groups in total. The minimum atomic E-state index is -1.03. The summed E-state index contributed by atoms with van der Waals surface area (Å²) < 4.78 is 16.1. The van der Waals surface area contributed by atoms with E-state index in [1.807, 2.05) is 42.5 Å². The molecule has 0 spiro atoms. The summed E-state index contributed by atoms with van der Waals surface area (Å²) in [6.45, 7) is 0.498.